The van der Waals surface area contributed by atoms with Gasteiger partial charge in [-0.25, -0.2) is 4.98 Å². The van der Waals surface area contributed by atoms with Crippen LogP contribution >= 0.6 is 11.3 Å². The van der Waals surface area contributed by atoms with Gasteiger partial charge >= 0.3 is 0 Å². The van der Waals surface area contributed by atoms with Gasteiger partial charge in [0.25, 0.3) is 0 Å². The molecule has 2 aromatic heterocycles. The minimum absolute atomic E-state index is 0.226. The van der Waals surface area contributed by atoms with Gasteiger partial charge in [-0.3, -0.25) is 4.90 Å². The number of hydrogen-bond acceptors (Lipinski definition) is 7. The topological polar surface area (TPSA) is 64.3 Å². The normalized spacial score (nSPS) is 21.7. The van der Waals surface area contributed by atoms with Crippen LogP contribution in [0.4, 0.5) is 0 Å². The highest BCUT2D eigenvalue weighted by molar-refractivity contribution is 7.09. The van der Waals surface area contributed by atoms with Crippen molar-refractivity contribution in [1.82, 2.24) is 20.0 Å². The molecule has 7 heteroatoms. The lowest BCUT2D eigenvalue weighted by Gasteiger charge is -2.32. The van der Waals surface area contributed by atoms with E-state index in [-0.39, 0.29) is 6.04 Å². The van der Waals surface area contributed by atoms with Gasteiger partial charge in [-0.2, -0.15) is 4.98 Å². The second-order valence-corrected chi connectivity index (χ2v) is 8.10. The Morgan fingerprint density at radius 1 is 1.32 bits per heavy atom. The Balaban J connectivity index is 1.35. The van der Waals surface area contributed by atoms with Gasteiger partial charge in [0, 0.05) is 24.4 Å². The van der Waals surface area contributed by atoms with E-state index in [9.17, 15) is 0 Å². The monoisotopic (exact) mass is 362 g/mol. The number of thiazole rings is 1. The van der Waals surface area contributed by atoms with Crippen molar-refractivity contribution in [2.45, 2.75) is 58.0 Å². The largest absolute Gasteiger partial charge is 0.381 e. The van der Waals surface area contributed by atoms with Crippen LogP contribution in [0.25, 0.3) is 0 Å². The van der Waals surface area contributed by atoms with Crippen LogP contribution in [0.3, 0.4) is 0 Å². The predicted molar refractivity (Wildman–Crippen MR) is 95.4 cm³/mol. The molecule has 2 aliphatic rings. The van der Waals surface area contributed by atoms with Gasteiger partial charge in [0.15, 0.2) is 5.82 Å². The highest BCUT2D eigenvalue weighted by atomic mass is 32.1. The van der Waals surface area contributed by atoms with Crippen LogP contribution in [-0.2, 0) is 17.7 Å². The highest BCUT2D eigenvalue weighted by Gasteiger charge is 2.29. The molecule has 0 aromatic carbocycles. The average Bonchev–Trinajstić information content (AvgIpc) is 3.19. The molecule has 25 heavy (non-hydrogen) atoms. The van der Waals surface area contributed by atoms with E-state index >= 15 is 0 Å². The van der Waals surface area contributed by atoms with Gasteiger partial charge in [-0.05, 0) is 45.1 Å². The maximum atomic E-state index is 5.68. The van der Waals surface area contributed by atoms with Gasteiger partial charge in [0.2, 0.25) is 5.89 Å². The Kier molecular flexibility index (Phi) is 5.43. The number of aromatic nitrogens is 3. The molecule has 1 unspecified atom stereocenters. The number of hydrogen-bond donors (Lipinski definition) is 0. The maximum Gasteiger partial charge on any atom is 0.244 e. The van der Waals surface area contributed by atoms with E-state index in [4.69, 9.17) is 9.26 Å². The molecule has 4 rings (SSSR count). The summed E-state index contributed by atoms with van der Waals surface area (Å²) in [7, 11) is 0. The van der Waals surface area contributed by atoms with Gasteiger partial charge < -0.3 is 9.26 Å². The van der Waals surface area contributed by atoms with Crippen molar-refractivity contribution in [3.05, 3.63) is 27.8 Å². The molecule has 1 aliphatic carbocycles. The number of piperidine rings is 1. The fourth-order valence-corrected chi connectivity index (χ4v) is 4.13. The van der Waals surface area contributed by atoms with Crippen molar-refractivity contribution in [2.24, 2.45) is 5.92 Å². The van der Waals surface area contributed by atoms with Gasteiger partial charge in [0.1, 0.15) is 0 Å². The number of likely N-dealkylation sites (tertiary alicyclic amines) is 1. The summed E-state index contributed by atoms with van der Waals surface area (Å²) in [6.45, 7) is 5.64. The third-order valence-electron chi connectivity index (χ3n) is 5.09. The van der Waals surface area contributed by atoms with Crippen LogP contribution in [-0.4, -0.2) is 39.8 Å². The summed E-state index contributed by atoms with van der Waals surface area (Å²) in [6.07, 6.45) is 6.90. The Hall–Kier alpha value is -1.31. The minimum Gasteiger partial charge on any atom is -0.381 e. The fourth-order valence-electron chi connectivity index (χ4n) is 3.32. The third kappa shape index (κ3) is 4.46. The minimum atomic E-state index is 0.226. The molecule has 0 bridgehead atoms. The van der Waals surface area contributed by atoms with E-state index in [2.05, 4.69) is 26.9 Å². The lowest BCUT2D eigenvalue weighted by Crippen LogP contribution is -2.33. The van der Waals surface area contributed by atoms with Crippen molar-refractivity contribution in [3.8, 4) is 0 Å². The van der Waals surface area contributed by atoms with Crippen LogP contribution in [0.1, 0.15) is 60.4 Å². The Morgan fingerprint density at radius 2 is 2.24 bits per heavy atom. The predicted octanol–water partition coefficient (Wildman–Crippen LogP) is 3.53. The van der Waals surface area contributed by atoms with Gasteiger partial charge in [-0.1, -0.05) is 11.6 Å². The number of rotatable bonds is 8. The van der Waals surface area contributed by atoms with E-state index in [0.717, 1.165) is 55.9 Å². The van der Waals surface area contributed by atoms with Crippen LogP contribution in [0, 0.1) is 12.8 Å². The van der Waals surface area contributed by atoms with Crippen molar-refractivity contribution in [1.29, 1.82) is 0 Å². The van der Waals surface area contributed by atoms with Crippen molar-refractivity contribution in [3.63, 3.8) is 0 Å². The zero-order chi connectivity index (χ0) is 17.1. The molecule has 1 atom stereocenters. The van der Waals surface area contributed by atoms with Crippen LogP contribution in [0.15, 0.2) is 10.0 Å². The van der Waals surface area contributed by atoms with Crippen LogP contribution < -0.4 is 0 Å². The first-order valence-electron chi connectivity index (χ1n) is 9.33. The molecule has 3 heterocycles. The SMILES string of the molecule is Cc1ncsc1CN1CCCCC1c1nc(CCOCC2CC2)no1. The molecule has 1 aliphatic heterocycles. The zero-order valence-corrected chi connectivity index (χ0v) is 15.6. The molecule has 2 aromatic rings. The lowest BCUT2D eigenvalue weighted by atomic mass is 10.0. The number of nitrogens with zero attached hydrogens (tertiary/aromatic N) is 4. The second-order valence-electron chi connectivity index (χ2n) is 7.16. The summed E-state index contributed by atoms with van der Waals surface area (Å²) < 4.78 is 11.3. The quantitative estimate of drug-likeness (QED) is 0.669. The molecular weight excluding hydrogens is 336 g/mol. The third-order valence-corrected chi connectivity index (χ3v) is 6.01. The summed E-state index contributed by atoms with van der Waals surface area (Å²) in [6, 6.07) is 0.226. The van der Waals surface area contributed by atoms with Gasteiger partial charge in [0.05, 0.1) is 23.9 Å². The first-order valence-corrected chi connectivity index (χ1v) is 10.2. The van der Waals surface area contributed by atoms with Crippen molar-refractivity contribution >= 4 is 11.3 Å². The summed E-state index contributed by atoms with van der Waals surface area (Å²) in [5.74, 6) is 2.33. The van der Waals surface area contributed by atoms with E-state index in [1.807, 2.05) is 5.51 Å². The van der Waals surface area contributed by atoms with Crippen molar-refractivity contribution < 1.29 is 9.26 Å². The molecule has 0 radical (unpaired) electrons. The smallest absolute Gasteiger partial charge is 0.244 e. The Bertz CT molecular complexity index is 682. The molecule has 0 amide bonds. The van der Waals surface area contributed by atoms with Gasteiger partial charge in [-0.15, -0.1) is 11.3 Å². The maximum absolute atomic E-state index is 5.68. The van der Waals surface area contributed by atoms with E-state index < -0.39 is 0 Å². The number of ether oxygens (including phenoxy) is 1. The Morgan fingerprint density at radius 3 is 3.04 bits per heavy atom. The Labute approximate surface area is 152 Å². The summed E-state index contributed by atoms with van der Waals surface area (Å²) >= 11 is 1.73. The van der Waals surface area contributed by atoms with E-state index in [0.29, 0.717) is 6.61 Å². The molecule has 0 N–H and O–H groups in total. The fraction of sp³-hybridized carbons (Fsp3) is 0.722. The molecule has 1 saturated carbocycles. The first kappa shape index (κ1) is 17.1. The summed E-state index contributed by atoms with van der Waals surface area (Å²) in [5, 5.41) is 4.17. The molecule has 2 fully saturated rings. The van der Waals surface area contributed by atoms with E-state index in [1.165, 1.54) is 30.6 Å². The standard InChI is InChI=1S/C18H26N4O2S/c1-13-16(25-12-19-13)10-22-8-3-2-4-15(22)18-20-17(21-24-18)7-9-23-11-14-5-6-14/h12,14-15H,2-11H2,1H3. The molecule has 1 saturated heterocycles. The first-order chi connectivity index (χ1) is 12.3. The summed E-state index contributed by atoms with van der Waals surface area (Å²) in [5.41, 5.74) is 3.06. The van der Waals surface area contributed by atoms with Crippen molar-refractivity contribution in [2.75, 3.05) is 19.8 Å². The van der Waals surface area contributed by atoms with E-state index in [1.54, 1.807) is 11.3 Å². The molecule has 0 spiro atoms. The van der Waals surface area contributed by atoms with Crippen LogP contribution in [0.5, 0.6) is 0 Å². The molecule has 136 valence electrons. The summed E-state index contributed by atoms with van der Waals surface area (Å²) in [4.78, 5) is 12.8. The highest BCUT2D eigenvalue weighted by Crippen LogP contribution is 2.32. The lowest BCUT2D eigenvalue weighted by molar-refractivity contribution is 0.112. The number of aryl methyl sites for hydroxylation is 1. The zero-order valence-electron chi connectivity index (χ0n) is 14.8. The van der Waals surface area contributed by atoms with Crippen LogP contribution in [0.2, 0.25) is 0 Å². The average molecular weight is 362 g/mol. The molecular formula is C18H26N4O2S. The molecule has 6 nitrogen and oxygen atoms in total. The second kappa shape index (κ2) is 7.93.